The number of nitrogens with zero attached hydrogens (tertiary/aromatic N) is 2. The van der Waals surface area contributed by atoms with E-state index in [4.69, 9.17) is 4.74 Å². The summed E-state index contributed by atoms with van der Waals surface area (Å²) >= 11 is 1.42. The molecule has 0 aromatic carbocycles. The standard InChI is InChI=1S/C19H29N3O3S/c1-14-6-8-19(9-7-14)22(18(24)16-5-4-12-26-16)15(13-25-19)17(23)20-10-11-21(2)3/h4-5,12,14-15H,6-11,13H2,1-3H3,(H,20,23)/t14?,15-,19?/m1/s1. The molecule has 1 saturated carbocycles. The lowest BCUT2D eigenvalue weighted by Gasteiger charge is -2.42. The average molecular weight is 380 g/mol. The third-order valence-corrected chi connectivity index (χ3v) is 6.29. The summed E-state index contributed by atoms with van der Waals surface area (Å²) in [5, 5.41) is 4.86. The first-order valence-electron chi connectivity index (χ1n) is 9.36. The number of likely N-dealkylation sites (N-methyl/N-ethyl adjacent to an activating group) is 1. The first-order valence-corrected chi connectivity index (χ1v) is 10.2. The molecule has 0 bridgehead atoms. The summed E-state index contributed by atoms with van der Waals surface area (Å²) in [5.41, 5.74) is -0.628. The van der Waals surface area contributed by atoms with Crippen LogP contribution in [0.3, 0.4) is 0 Å². The smallest absolute Gasteiger partial charge is 0.266 e. The molecule has 1 aromatic heterocycles. The predicted octanol–water partition coefficient (Wildman–Crippen LogP) is 2.17. The lowest BCUT2D eigenvalue weighted by atomic mass is 9.83. The topological polar surface area (TPSA) is 61.9 Å². The van der Waals surface area contributed by atoms with E-state index in [1.165, 1.54) is 11.3 Å². The van der Waals surface area contributed by atoms with Gasteiger partial charge in [0.05, 0.1) is 11.5 Å². The van der Waals surface area contributed by atoms with Crippen LogP contribution in [0.15, 0.2) is 17.5 Å². The van der Waals surface area contributed by atoms with E-state index in [1.807, 2.05) is 36.5 Å². The van der Waals surface area contributed by atoms with E-state index >= 15 is 0 Å². The number of carbonyl (C=O) groups excluding carboxylic acids is 2. The van der Waals surface area contributed by atoms with Crippen molar-refractivity contribution < 1.29 is 14.3 Å². The van der Waals surface area contributed by atoms with Crippen molar-refractivity contribution in [1.82, 2.24) is 15.1 Å². The molecule has 144 valence electrons. The van der Waals surface area contributed by atoms with Crippen molar-refractivity contribution in [2.75, 3.05) is 33.8 Å². The second-order valence-corrected chi connectivity index (χ2v) is 8.65. The van der Waals surface area contributed by atoms with E-state index in [0.717, 1.165) is 32.2 Å². The minimum absolute atomic E-state index is 0.0835. The molecule has 1 aliphatic carbocycles. The average Bonchev–Trinajstić information content (AvgIpc) is 3.25. The van der Waals surface area contributed by atoms with Gasteiger partial charge in [-0.1, -0.05) is 13.0 Å². The zero-order valence-corrected chi connectivity index (χ0v) is 16.7. The van der Waals surface area contributed by atoms with Crippen LogP contribution in [0.25, 0.3) is 0 Å². The maximum absolute atomic E-state index is 13.2. The van der Waals surface area contributed by atoms with Crippen molar-refractivity contribution in [3.8, 4) is 0 Å². The molecule has 0 radical (unpaired) electrons. The largest absolute Gasteiger partial charge is 0.353 e. The van der Waals surface area contributed by atoms with Crippen LogP contribution in [0.2, 0.25) is 0 Å². The Kier molecular flexibility index (Phi) is 5.99. The first kappa shape index (κ1) is 19.3. The summed E-state index contributed by atoms with van der Waals surface area (Å²) in [6, 6.07) is 3.14. The molecule has 2 heterocycles. The highest BCUT2D eigenvalue weighted by Gasteiger charge is 2.53. The molecule has 2 aliphatic rings. The van der Waals surface area contributed by atoms with Crippen molar-refractivity contribution in [2.45, 2.75) is 44.4 Å². The van der Waals surface area contributed by atoms with Crippen LogP contribution >= 0.6 is 11.3 Å². The van der Waals surface area contributed by atoms with E-state index in [2.05, 4.69) is 12.2 Å². The Morgan fingerprint density at radius 3 is 2.73 bits per heavy atom. The molecule has 1 N–H and O–H groups in total. The normalized spacial score (nSPS) is 28.7. The van der Waals surface area contributed by atoms with Crippen LogP contribution in [0.5, 0.6) is 0 Å². The molecule has 3 rings (SSSR count). The molecular formula is C19H29N3O3S. The number of nitrogens with one attached hydrogen (secondary N) is 1. The van der Waals surface area contributed by atoms with Gasteiger partial charge in [-0.3, -0.25) is 14.5 Å². The third kappa shape index (κ3) is 3.94. The molecule has 1 atom stereocenters. The van der Waals surface area contributed by atoms with Gasteiger partial charge in [-0.25, -0.2) is 0 Å². The Morgan fingerprint density at radius 1 is 1.38 bits per heavy atom. The summed E-state index contributed by atoms with van der Waals surface area (Å²) in [6.45, 7) is 3.84. The van der Waals surface area contributed by atoms with Crippen LogP contribution in [-0.2, 0) is 9.53 Å². The zero-order chi connectivity index (χ0) is 18.7. The fourth-order valence-corrected chi connectivity index (χ4v) is 4.48. The Balaban J connectivity index is 1.79. The second-order valence-electron chi connectivity index (χ2n) is 7.70. The predicted molar refractivity (Wildman–Crippen MR) is 102 cm³/mol. The van der Waals surface area contributed by atoms with E-state index < -0.39 is 11.8 Å². The molecule has 1 spiro atoms. The zero-order valence-electron chi connectivity index (χ0n) is 15.9. The Morgan fingerprint density at radius 2 is 2.12 bits per heavy atom. The SMILES string of the molecule is CC1CCC2(CC1)OC[C@H](C(=O)NCCN(C)C)N2C(=O)c1cccs1. The maximum Gasteiger partial charge on any atom is 0.266 e. The maximum atomic E-state index is 13.2. The van der Waals surface area contributed by atoms with Crippen LogP contribution in [0.4, 0.5) is 0 Å². The molecule has 7 heteroatoms. The van der Waals surface area contributed by atoms with Gasteiger partial charge in [0.15, 0.2) is 0 Å². The van der Waals surface area contributed by atoms with Gasteiger partial charge in [-0.2, -0.15) is 0 Å². The minimum atomic E-state index is -0.628. The number of amides is 2. The highest BCUT2D eigenvalue weighted by molar-refractivity contribution is 7.12. The van der Waals surface area contributed by atoms with Gasteiger partial charge in [-0.05, 0) is 57.1 Å². The molecule has 1 aromatic rings. The number of hydrogen-bond acceptors (Lipinski definition) is 5. The highest BCUT2D eigenvalue weighted by Crippen LogP contribution is 2.43. The van der Waals surface area contributed by atoms with Gasteiger partial charge in [0, 0.05) is 13.1 Å². The third-order valence-electron chi connectivity index (χ3n) is 5.43. The van der Waals surface area contributed by atoms with Gasteiger partial charge < -0.3 is 15.0 Å². The number of rotatable bonds is 5. The fraction of sp³-hybridized carbons (Fsp3) is 0.684. The van der Waals surface area contributed by atoms with Crippen LogP contribution in [-0.4, -0.2) is 67.2 Å². The summed E-state index contributed by atoms with van der Waals surface area (Å²) in [6.07, 6.45) is 3.63. The summed E-state index contributed by atoms with van der Waals surface area (Å²) < 4.78 is 6.16. The van der Waals surface area contributed by atoms with E-state index in [1.54, 1.807) is 4.90 Å². The summed E-state index contributed by atoms with van der Waals surface area (Å²) in [5.74, 6) is 0.433. The molecule has 1 saturated heterocycles. The number of hydrogen-bond donors (Lipinski definition) is 1. The monoisotopic (exact) mass is 379 g/mol. The van der Waals surface area contributed by atoms with Gasteiger partial charge in [-0.15, -0.1) is 11.3 Å². The van der Waals surface area contributed by atoms with Gasteiger partial charge >= 0.3 is 0 Å². The van der Waals surface area contributed by atoms with Gasteiger partial charge in [0.25, 0.3) is 5.91 Å². The van der Waals surface area contributed by atoms with Crippen LogP contribution < -0.4 is 5.32 Å². The van der Waals surface area contributed by atoms with Crippen molar-refractivity contribution in [3.05, 3.63) is 22.4 Å². The quantitative estimate of drug-likeness (QED) is 0.852. The first-order chi connectivity index (χ1) is 12.4. The van der Waals surface area contributed by atoms with Crippen LogP contribution in [0.1, 0.15) is 42.3 Å². The Bertz CT molecular complexity index is 624. The lowest BCUT2D eigenvalue weighted by Crippen LogP contribution is -2.57. The van der Waals surface area contributed by atoms with Gasteiger partial charge in [0.1, 0.15) is 11.8 Å². The molecule has 0 unspecified atom stereocenters. The molecule has 1 aliphatic heterocycles. The van der Waals surface area contributed by atoms with Crippen LogP contribution in [0, 0.1) is 5.92 Å². The second kappa shape index (κ2) is 8.06. The van der Waals surface area contributed by atoms with Crippen molar-refractivity contribution in [3.63, 3.8) is 0 Å². The fourth-order valence-electron chi connectivity index (χ4n) is 3.82. The van der Waals surface area contributed by atoms with E-state index in [9.17, 15) is 9.59 Å². The highest BCUT2D eigenvalue weighted by atomic mass is 32.1. The number of thiophene rings is 1. The summed E-state index contributed by atoms with van der Waals surface area (Å²) in [4.78, 5) is 30.5. The molecular weight excluding hydrogens is 350 g/mol. The molecule has 2 amide bonds. The number of ether oxygens (including phenoxy) is 1. The number of carbonyl (C=O) groups is 2. The van der Waals surface area contributed by atoms with E-state index in [0.29, 0.717) is 17.3 Å². The van der Waals surface area contributed by atoms with Crippen molar-refractivity contribution in [1.29, 1.82) is 0 Å². The summed E-state index contributed by atoms with van der Waals surface area (Å²) in [7, 11) is 3.94. The van der Waals surface area contributed by atoms with Gasteiger partial charge in [0.2, 0.25) is 5.91 Å². The van der Waals surface area contributed by atoms with Crippen molar-refractivity contribution >= 4 is 23.2 Å². The Labute approximate surface area is 159 Å². The Hall–Kier alpha value is -1.44. The minimum Gasteiger partial charge on any atom is -0.353 e. The van der Waals surface area contributed by atoms with E-state index in [-0.39, 0.29) is 18.4 Å². The molecule has 2 fully saturated rings. The molecule has 26 heavy (non-hydrogen) atoms. The van der Waals surface area contributed by atoms with Crippen molar-refractivity contribution in [2.24, 2.45) is 5.92 Å². The lowest BCUT2D eigenvalue weighted by molar-refractivity contribution is -0.127. The molecule has 6 nitrogen and oxygen atoms in total.